The van der Waals surface area contributed by atoms with Crippen molar-refractivity contribution in [3.05, 3.63) is 52.0 Å². The third-order valence-electron chi connectivity index (χ3n) is 2.49. The van der Waals surface area contributed by atoms with Gasteiger partial charge < -0.3 is 10.1 Å². The quantitative estimate of drug-likeness (QED) is 0.881. The van der Waals surface area contributed by atoms with Gasteiger partial charge in [0.15, 0.2) is 11.6 Å². The van der Waals surface area contributed by atoms with Gasteiger partial charge >= 0.3 is 0 Å². The molecule has 0 unspecified atom stereocenters. The predicted molar refractivity (Wildman–Crippen MR) is 67.8 cm³/mol. The first-order valence-electron chi connectivity index (χ1n) is 5.34. The number of methoxy groups -OCH3 is 1. The third-order valence-corrected chi connectivity index (χ3v) is 3.22. The second kappa shape index (κ2) is 5.80. The molecule has 0 aliphatic rings. The summed E-state index contributed by atoms with van der Waals surface area (Å²) in [5, 5.41) is 7.32. The zero-order valence-electron chi connectivity index (χ0n) is 9.57. The van der Waals surface area contributed by atoms with Crippen molar-refractivity contribution in [2.75, 3.05) is 7.11 Å². The molecule has 0 fully saturated rings. The molecule has 1 aromatic carbocycles. The standard InChI is InChI=1S/C13H14FNOS/c1-16-12-4-2-3-11(13(12)14)8-15-7-10-5-6-17-9-10/h2-6,9,15H,7-8H2,1H3. The first-order chi connectivity index (χ1) is 8.31. The molecular formula is C13H14FNOS. The fourth-order valence-electron chi connectivity index (χ4n) is 1.59. The topological polar surface area (TPSA) is 21.3 Å². The van der Waals surface area contributed by atoms with Crippen LogP contribution in [-0.2, 0) is 13.1 Å². The van der Waals surface area contributed by atoms with Gasteiger partial charge in [-0.05, 0) is 28.5 Å². The average molecular weight is 251 g/mol. The summed E-state index contributed by atoms with van der Waals surface area (Å²) in [4.78, 5) is 0. The minimum atomic E-state index is -0.284. The van der Waals surface area contributed by atoms with Gasteiger partial charge in [-0.2, -0.15) is 11.3 Å². The minimum absolute atomic E-state index is 0.284. The molecule has 0 radical (unpaired) electrons. The summed E-state index contributed by atoms with van der Waals surface area (Å²) in [6.07, 6.45) is 0. The van der Waals surface area contributed by atoms with E-state index in [0.29, 0.717) is 17.9 Å². The number of benzene rings is 1. The van der Waals surface area contributed by atoms with E-state index >= 15 is 0 Å². The van der Waals surface area contributed by atoms with Crippen LogP contribution in [0.1, 0.15) is 11.1 Å². The minimum Gasteiger partial charge on any atom is -0.494 e. The fourth-order valence-corrected chi connectivity index (χ4v) is 2.25. The number of ether oxygens (including phenoxy) is 1. The Balaban J connectivity index is 1.95. The van der Waals surface area contributed by atoms with Crippen LogP contribution in [0, 0.1) is 5.82 Å². The number of hydrogen-bond donors (Lipinski definition) is 1. The summed E-state index contributed by atoms with van der Waals surface area (Å²) in [5.74, 6) is 0.00709. The molecule has 0 atom stereocenters. The van der Waals surface area contributed by atoms with Crippen LogP contribution in [0.4, 0.5) is 4.39 Å². The molecule has 0 bridgehead atoms. The van der Waals surface area contributed by atoms with Crippen LogP contribution < -0.4 is 10.1 Å². The van der Waals surface area contributed by atoms with Crippen molar-refractivity contribution in [2.45, 2.75) is 13.1 Å². The van der Waals surface area contributed by atoms with E-state index in [0.717, 1.165) is 6.54 Å². The molecule has 0 saturated heterocycles. The second-order valence-electron chi connectivity index (χ2n) is 3.67. The maximum Gasteiger partial charge on any atom is 0.169 e. The van der Waals surface area contributed by atoms with Crippen LogP contribution in [0.5, 0.6) is 5.75 Å². The van der Waals surface area contributed by atoms with Crippen molar-refractivity contribution in [3.8, 4) is 5.75 Å². The van der Waals surface area contributed by atoms with Crippen LogP contribution in [0.2, 0.25) is 0 Å². The van der Waals surface area contributed by atoms with Crippen molar-refractivity contribution < 1.29 is 9.13 Å². The van der Waals surface area contributed by atoms with Crippen molar-refractivity contribution in [1.29, 1.82) is 0 Å². The van der Waals surface area contributed by atoms with E-state index in [-0.39, 0.29) is 5.82 Å². The molecule has 0 saturated carbocycles. The Kier molecular flexibility index (Phi) is 4.12. The van der Waals surface area contributed by atoms with Gasteiger partial charge in [-0.15, -0.1) is 0 Å². The fraction of sp³-hybridized carbons (Fsp3) is 0.231. The van der Waals surface area contributed by atoms with Gasteiger partial charge in [0.05, 0.1) is 7.11 Å². The molecule has 0 amide bonds. The molecular weight excluding hydrogens is 237 g/mol. The molecule has 2 aromatic rings. The maximum atomic E-state index is 13.8. The van der Waals surface area contributed by atoms with Gasteiger partial charge in [0.2, 0.25) is 0 Å². The van der Waals surface area contributed by atoms with Gasteiger partial charge in [-0.3, -0.25) is 0 Å². The van der Waals surface area contributed by atoms with E-state index in [1.807, 2.05) is 5.38 Å². The first-order valence-corrected chi connectivity index (χ1v) is 6.28. The van der Waals surface area contributed by atoms with E-state index < -0.39 is 0 Å². The molecule has 2 rings (SSSR count). The zero-order chi connectivity index (χ0) is 12.1. The largest absolute Gasteiger partial charge is 0.494 e. The molecule has 90 valence electrons. The third kappa shape index (κ3) is 3.05. The van der Waals surface area contributed by atoms with Gasteiger partial charge in [-0.25, -0.2) is 4.39 Å². The summed E-state index contributed by atoms with van der Waals surface area (Å²) >= 11 is 1.66. The highest BCUT2D eigenvalue weighted by atomic mass is 32.1. The van der Waals surface area contributed by atoms with E-state index in [2.05, 4.69) is 16.8 Å². The van der Waals surface area contributed by atoms with Crippen molar-refractivity contribution in [3.63, 3.8) is 0 Å². The normalized spacial score (nSPS) is 10.5. The first kappa shape index (κ1) is 12.1. The molecule has 1 N–H and O–H groups in total. The number of nitrogens with one attached hydrogen (secondary N) is 1. The second-order valence-corrected chi connectivity index (χ2v) is 4.45. The summed E-state index contributed by atoms with van der Waals surface area (Å²) in [6.45, 7) is 1.25. The molecule has 0 aliphatic carbocycles. The Morgan fingerprint density at radius 2 is 2.18 bits per heavy atom. The maximum absolute atomic E-state index is 13.8. The highest BCUT2D eigenvalue weighted by Crippen LogP contribution is 2.19. The molecule has 2 nitrogen and oxygen atoms in total. The summed E-state index contributed by atoms with van der Waals surface area (Å²) in [5.41, 5.74) is 1.85. The van der Waals surface area contributed by atoms with E-state index in [9.17, 15) is 4.39 Å². The van der Waals surface area contributed by atoms with Gasteiger partial charge in [0.25, 0.3) is 0 Å². The molecule has 4 heteroatoms. The number of halogens is 1. The highest BCUT2D eigenvalue weighted by Gasteiger charge is 2.07. The Morgan fingerprint density at radius 3 is 2.88 bits per heavy atom. The molecule has 1 heterocycles. The zero-order valence-corrected chi connectivity index (χ0v) is 10.4. The average Bonchev–Trinajstić information content (AvgIpc) is 2.84. The van der Waals surface area contributed by atoms with Gasteiger partial charge in [-0.1, -0.05) is 12.1 Å². The number of hydrogen-bond acceptors (Lipinski definition) is 3. The predicted octanol–water partition coefficient (Wildman–Crippen LogP) is 3.19. The van der Waals surface area contributed by atoms with Crippen LogP contribution >= 0.6 is 11.3 Å². The van der Waals surface area contributed by atoms with E-state index in [1.165, 1.54) is 12.7 Å². The van der Waals surface area contributed by atoms with E-state index in [4.69, 9.17) is 4.74 Å². The Bertz CT molecular complexity index is 470. The lowest BCUT2D eigenvalue weighted by Gasteiger charge is -2.08. The Morgan fingerprint density at radius 1 is 1.29 bits per heavy atom. The van der Waals surface area contributed by atoms with Crippen molar-refractivity contribution in [2.24, 2.45) is 0 Å². The number of rotatable bonds is 5. The summed E-state index contributed by atoms with van der Waals surface area (Å²) in [6, 6.07) is 7.24. The van der Waals surface area contributed by atoms with Gasteiger partial charge in [0, 0.05) is 18.7 Å². The summed E-state index contributed by atoms with van der Waals surface area (Å²) in [7, 11) is 1.47. The molecule has 17 heavy (non-hydrogen) atoms. The highest BCUT2D eigenvalue weighted by molar-refractivity contribution is 7.07. The van der Waals surface area contributed by atoms with Crippen LogP contribution in [0.3, 0.4) is 0 Å². The smallest absolute Gasteiger partial charge is 0.169 e. The number of thiophene rings is 1. The van der Waals surface area contributed by atoms with Crippen LogP contribution in [-0.4, -0.2) is 7.11 Å². The Labute approximate surface area is 104 Å². The van der Waals surface area contributed by atoms with Crippen molar-refractivity contribution >= 4 is 11.3 Å². The lowest BCUT2D eigenvalue weighted by atomic mass is 10.2. The SMILES string of the molecule is COc1cccc(CNCc2ccsc2)c1F. The molecule has 0 spiro atoms. The lowest BCUT2D eigenvalue weighted by molar-refractivity contribution is 0.383. The van der Waals surface area contributed by atoms with Crippen LogP contribution in [0.25, 0.3) is 0 Å². The van der Waals surface area contributed by atoms with Gasteiger partial charge in [0.1, 0.15) is 0 Å². The summed E-state index contributed by atoms with van der Waals surface area (Å²) < 4.78 is 18.7. The molecule has 1 aromatic heterocycles. The van der Waals surface area contributed by atoms with Crippen molar-refractivity contribution in [1.82, 2.24) is 5.32 Å². The Hall–Kier alpha value is -1.39. The van der Waals surface area contributed by atoms with E-state index in [1.54, 1.807) is 29.5 Å². The molecule has 0 aliphatic heterocycles. The lowest BCUT2D eigenvalue weighted by Crippen LogP contribution is -2.13. The van der Waals surface area contributed by atoms with Crippen LogP contribution in [0.15, 0.2) is 35.0 Å². The monoisotopic (exact) mass is 251 g/mol.